The first-order valence-electron chi connectivity index (χ1n) is 9.70. The van der Waals surface area contributed by atoms with E-state index in [-0.39, 0.29) is 0 Å². The molecule has 1 spiro atoms. The first-order chi connectivity index (χ1) is 11.8. The minimum Gasteiger partial charge on any atom is -0.475 e. The van der Waals surface area contributed by atoms with Crippen LogP contribution in [0.1, 0.15) is 44.2 Å². The maximum Gasteiger partial charge on any atom is 0.213 e. The highest BCUT2D eigenvalue weighted by Gasteiger charge is 2.36. The Labute approximate surface area is 145 Å². The molecule has 1 aromatic rings. The number of pyridine rings is 1. The molecule has 0 aromatic carbocycles. The van der Waals surface area contributed by atoms with Crippen molar-refractivity contribution in [3.8, 4) is 5.88 Å². The number of likely N-dealkylation sites (tertiary alicyclic amines) is 1. The van der Waals surface area contributed by atoms with E-state index >= 15 is 0 Å². The maximum atomic E-state index is 6.03. The molecule has 2 fully saturated rings. The average Bonchev–Trinajstić information content (AvgIpc) is 3.40. The van der Waals surface area contributed by atoms with E-state index in [2.05, 4.69) is 22.0 Å². The van der Waals surface area contributed by atoms with E-state index in [4.69, 9.17) is 9.47 Å². The third-order valence-corrected chi connectivity index (χ3v) is 5.94. The van der Waals surface area contributed by atoms with Gasteiger partial charge in [-0.25, -0.2) is 4.98 Å². The van der Waals surface area contributed by atoms with Crippen molar-refractivity contribution < 1.29 is 9.47 Å². The highest BCUT2D eigenvalue weighted by molar-refractivity contribution is 5.16. The maximum absolute atomic E-state index is 6.03. The lowest BCUT2D eigenvalue weighted by molar-refractivity contribution is -0.0152. The summed E-state index contributed by atoms with van der Waals surface area (Å²) in [6.45, 7) is 6.00. The van der Waals surface area contributed by atoms with Crippen molar-refractivity contribution in [1.82, 2.24) is 9.88 Å². The third kappa shape index (κ3) is 4.28. The van der Waals surface area contributed by atoms with Gasteiger partial charge in [0.05, 0.1) is 13.2 Å². The molecule has 0 unspecified atom stereocenters. The normalized spacial score (nSPS) is 25.5. The van der Waals surface area contributed by atoms with Gasteiger partial charge in [0, 0.05) is 18.3 Å². The molecule has 2 aliphatic heterocycles. The third-order valence-electron chi connectivity index (χ3n) is 5.94. The number of rotatable bonds is 2. The molecule has 0 N–H and O–H groups in total. The van der Waals surface area contributed by atoms with Gasteiger partial charge in [-0.2, -0.15) is 0 Å². The fourth-order valence-corrected chi connectivity index (χ4v) is 4.16. The number of aromatic nitrogens is 1. The van der Waals surface area contributed by atoms with Gasteiger partial charge in [0.15, 0.2) is 0 Å². The van der Waals surface area contributed by atoms with Crippen molar-refractivity contribution in [2.24, 2.45) is 11.3 Å². The Bertz CT molecular complexity index is 536. The standard InChI is InChI=1S/C20H30N2O2/c1-3-18-4-2-8-20(16-23-13-14-24-19(5-1)21-18)9-11-22(12-10-20)15-17-6-7-17/h1,3,5,17H,2,4,6-16H2. The number of piperidine rings is 1. The fourth-order valence-electron chi connectivity index (χ4n) is 4.16. The summed E-state index contributed by atoms with van der Waals surface area (Å²) in [7, 11) is 0. The Morgan fingerprint density at radius 2 is 2.00 bits per heavy atom. The molecule has 0 radical (unpaired) electrons. The van der Waals surface area contributed by atoms with Gasteiger partial charge < -0.3 is 14.4 Å². The van der Waals surface area contributed by atoms with Crippen LogP contribution in [-0.2, 0) is 11.2 Å². The highest BCUT2D eigenvalue weighted by Crippen LogP contribution is 2.39. The smallest absolute Gasteiger partial charge is 0.213 e. The van der Waals surface area contributed by atoms with E-state index in [9.17, 15) is 0 Å². The van der Waals surface area contributed by atoms with Gasteiger partial charge in [0.25, 0.3) is 0 Å². The van der Waals surface area contributed by atoms with Gasteiger partial charge in [0.1, 0.15) is 6.61 Å². The lowest BCUT2D eigenvalue weighted by Crippen LogP contribution is -2.43. The van der Waals surface area contributed by atoms with Crippen LogP contribution in [0.25, 0.3) is 0 Å². The number of aryl methyl sites for hydroxylation is 1. The molecule has 1 saturated carbocycles. The number of ether oxygens (including phenoxy) is 2. The largest absolute Gasteiger partial charge is 0.475 e. The second-order valence-electron chi connectivity index (χ2n) is 7.97. The number of hydrogen-bond donors (Lipinski definition) is 0. The molecule has 1 aromatic heterocycles. The monoisotopic (exact) mass is 330 g/mol. The van der Waals surface area contributed by atoms with Crippen molar-refractivity contribution >= 4 is 0 Å². The molecular formula is C20H30N2O2. The molecule has 132 valence electrons. The zero-order valence-electron chi connectivity index (χ0n) is 14.7. The minimum absolute atomic E-state index is 0.372. The Balaban J connectivity index is 1.37. The van der Waals surface area contributed by atoms with Gasteiger partial charge in [-0.15, -0.1) is 0 Å². The van der Waals surface area contributed by atoms with Crippen molar-refractivity contribution in [3.05, 3.63) is 23.9 Å². The van der Waals surface area contributed by atoms with Crippen LogP contribution in [0.3, 0.4) is 0 Å². The molecule has 4 heteroatoms. The zero-order chi connectivity index (χ0) is 16.2. The average molecular weight is 330 g/mol. The van der Waals surface area contributed by atoms with Crippen LogP contribution in [0.2, 0.25) is 0 Å². The van der Waals surface area contributed by atoms with E-state index in [0.717, 1.165) is 30.5 Å². The fraction of sp³-hybridized carbons (Fsp3) is 0.750. The molecule has 3 aliphatic rings. The number of fused-ring (bicyclic) bond motifs is 2. The molecule has 2 bridgehead atoms. The molecule has 0 atom stereocenters. The van der Waals surface area contributed by atoms with Crippen molar-refractivity contribution in [2.45, 2.75) is 44.9 Å². The Hall–Kier alpha value is -1.13. The quantitative estimate of drug-likeness (QED) is 0.833. The summed E-state index contributed by atoms with van der Waals surface area (Å²) in [6, 6.07) is 6.11. The number of nitrogens with zero attached hydrogens (tertiary/aromatic N) is 2. The first-order valence-corrected chi connectivity index (χ1v) is 9.70. The summed E-state index contributed by atoms with van der Waals surface area (Å²) in [4.78, 5) is 7.29. The second-order valence-corrected chi connectivity index (χ2v) is 7.97. The minimum atomic E-state index is 0.372. The van der Waals surface area contributed by atoms with Crippen LogP contribution in [0, 0.1) is 11.3 Å². The van der Waals surface area contributed by atoms with E-state index in [1.54, 1.807) is 0 Å². The molecule has 4 nitrogen and oxygen atoms in total. The molecule has 1 saturated heterocycles. The Kier molecular flexibility index (Phi) is 5.04. The van der Waals surface area contributed by atoms with E-state index in [1.165, 1.54) is 58.2 Å². The van der Waals surface area contributed by atoms with Gasteiger partial charge >= 0.3 is 0 Å². The van der Waals surface area contributed by atoms with Gasteiger partial charge in [-0.05, 0) is 75.4 Å². The Morgan fingerprint density at radius 3 is 2.83 bits per heavy atom. The van der Waals surface area contributed by atoms with Gasteiger partial charge in [0.2, 0.25) is 5.88 Å². The van der Waals surface area contributed by atoms with Crippen molar-refractivity contribution in [2.75, 3.05) is 39.5 Å². The zero-order valence-corrected chi connectivity index (χ0v) is 14.7. The van der Waals surface area contributed by atoms with Gasteiger partial charge in [-0.3, -0.25) is 0 Å². The topological polar surface area (TPSA) is 34.6 Å². The van der Waals surface area contributed by atoms with Crippen LogP contribution in [0.4, 0.5) is 0 Å². The van der Waals surface area contributed by atoms with Crippen LogP contribution < -0.4 is 4.74 Å². The predicted molar refractivity (Wildman–Crippen MR) is 94.3 cm³/mol. The summed E-state index contributed by atoms with van der Waals surface area (Å²) < 4.78 is 11.7. The van der Waals surface area contributed by atoms with E-state index < -0.39 is 0 Å². The highest BCUT2D eigenvalue weighted by atomic mass is 16.5. The number of hydrogen-bond acceptors (Lipinski definition) is 4. The molecule has 0 amide bonds. The summed E-state index contributed by atoms with van der Waals surface area (Å²) in [6.07, 6.45) is 8.99. The molecule has 3 heterocycles. The van der Waals surface area contributed by atoms with E-state index in [0.29, 0.717) is 18.6 Å². The lowest BCUT2D eigenvalue weighted by Gasteiger charge is -2.42. The van der Waals surface area contributed by atoms with Gasteiger partial charge in [-0.1, -0.05) is 6.07 Å². The molecule has 1 aliphatic carbocycles. The van der Waals surface area contributed by atoms with Crippen LogP contribution in [0.15, 0.2) is 18.2 Å². The summed E-state index contributed by atoms with van der Waals surface area (Å²) in [5, 5.41) is 0. The van der Waals surface area contributed by atoms with Crippen LogP contribution in [-0.4, -0.2) is 49.3 Å². The van der Waals surface area contributed by atoms with E-state index in [1.807, 2.05) is 6.07 Å². The van der Waals surface area contributed by atoms with Crippen molar-refractivity contribution in [3.63, 3.8) is 0 Å². The first kappa shape index (κ1) is 16.3. The van der Waals surface area contributed by atoms with Crippen LogP contribution in [0.5, 0.6) is 5.88 Å². The second kappa shape index (κ2) is 7.40. The molecular weight excluding hydrogens is 300 g/mol. The SMILES string of the molecule is c1cc2nc(c1)OCCOCC1(CCC2)CCN(CC2CC2)CC1. The molecule has 4 rings (SSSR count). The van der Waals surface area contributed by atoms with Crippen molar-refractivity contribution in [1.29, 1.82) is 0 Å². The lowest BCUT2D eigenvalue weighted by atomic mass is 9.75. The summed E-state index contributed by atoms with van der Waals surface area (Å²) in [5.41, 5.74) is 1.53. The van der Waals surface area contributed by atoms with Crippen LogP contribution >= 0.6 is 0 Å². The predicted octanol–water partition coefficient (Wildman–Crippen LogP) is 3.31. The summed E-state index contributed by atoms with van der Waals surface area (Å²) in [5.74, 6) is 1.74. The Morgan fingerprint density at radius 1 is 1.12 bits per heavy atom. The molecule has 24 heavy (non-hydrogen) atoms. The summed E-state index contributed by atoms with van der Waals surface area (Å²) >= 11 is 0.